The Bertz CT molecular complexity index is 345. The molecule has 1 aromatic heterocycles. The van der Waals surface area contributed by atoms with Crippen molar-refractivity contribution in [2.45, 2.75) is 45.4 Å². The fourth-order valence-corrected chi connectivity index (χ4v) is 3.34. The topological polar surface area (TPSA) is 15.8 Å². The first-order chi connectivity index (χ1) is 7.81. The van der Waals surface area contributed by atoms with Crippen LogP contribution in [0.2, 0.25) is 0 Å². The van der Waals surface area contributed by atoms with Crippen LogP contribution in [0.3, 0.4) is 0 Å². The Morgan fingerprint density at radius 2 is 2.25 bits per heavy atom. The quantitative estimate of drug-likeness (QED) is 0.642. The minimum absolute atomic E-state index is 1.04. The molecule has 0 aromatic carbocycles. The van der Waals surface area contributed by atoms with E-state index in [0.29, 0.717) is 0 Å². The third-order valence-corrected chi connectivity index (χ3v) is 4.61. The molecule has 1 N–H and O–H groups in total. The third kappa shape index (κ3) is 2.89. The Balaban J connectivity index is 1.98. The summed E-state index contributed by atoms with van der Waals surface area (Å²) in [6, 6.07) is 2.27. The molecule has 0 amide bonds. The summed E-state index contributed by atoms with van der Waals surface area (Å²) in [7, 11) is 0. The number of hydrogen-bond acceptors (Lipinski definition) is 2. The summed E-state index contributed by atoms with van der Waals surface area (Å²) in [4.78, 5) is 3.50. The van der Waals surface area contributed by atoms with Crippen LogP contribution in [0.25, 0.3) is 0 Å². The van der Waals surface area contributed by atoms with Crippen molar-refractivity contribution >= 4 is 28.2 Å². The number of aromatic nitrogens is 1. The lowest BCUT2D eigenvalue weighted by Crippen LogP contribution is -1.99. The van der Waals surface area contributed by atoms with Gasteiger partial charge in [0.05, 0.1) is 9.89 Å². The zero-order valence-corrected chi connectivity index (χ0v) is 11.5. The average Bonchev–Trinajstić information content (AvgIpc) is 2.73. The van der Waals surface area contributed by atoms with Crippen LogP contribution in [0.1, 0.15) is 49.6 Å². The second-order valence-electron chi connectivity index (χ2n) is 4.38. The number of H-pyrrole nitrogens is 1. The number of unbranched alkanes of at least 4 members (excludes halogenated alkanes) is 1. The largest absolute Gasteiger partial charge is 0.357 e. The van der Waals surface area contributed by atoms with Gasteiger partial charge in [0, 0.05) is 5.69 Å². The minimum atomic E-state index is 1.04. The van der Waals surface area contributed by atoms with Crippen molar-refractivity contribution in [3.8, 4) is 0 Å². The fraction of sp³-hybridized carbons (Fsp3) is 0.615. The molecule has 0 saturated carbocycles. The van der Waals surface area contributed by atoms with E-state index in [1.54, 1.807) is 0 Å². The van der Waals surface area contributed by atoms with Crippen LogP contribution >= 0.6 is 24.0 Å². The van der Waals surface area contributed by atoms with Crippen LogP contribution in [-0.4, -0.2) is 14.9 Å². The van der Waals surface area contributed by atoms with Gasteiger partial charge in [-0.05, 0) is 49.5 Å². The summed E-state index contributed by atoms with van der Waals surface area (Å²) in [6.45, 7) is 2.22. The third-order valence-electron chi connectivity index (χ3n) is 3.07. The maximum atomic E-state index is 5.45. The lowest BCUT2D eigenvalue weighted by molar-refractivity contribution is 0.677. The van der Waals surface area contributed by atoms with Crippen LogP contribution in [-0.2, 0) is 12.8 Å². The molecule has 0 radical (unpaired) electrons. The number of aryl methyl sites for hydroxylation is 2. The molecule has 1 nitrogen and oxygen atoms in total. The number of nitrogens with one attached hydrogen (secondary N) is 1. The molecule has 2 rings (SSSR count). The Morgan fingerprint density at radius 3 is 3.00 bits per heavy atom. The molecule has 16 heavy (non-hydrogen) atoms. The van der Waals surface area contributed by atoms with Gasteiger partial charge in [-0.3, -0.25) is 0 Å². The number of thiocarbonyl (C=S) groups is 1. The summed E-state index contributed by atoms with van der Waals surface area (Å²) in [5.41, 5.74) is 4.11. The van der Waals surface area contributed by atoms with Crippen LogP contribution in [0.15, 0.2) is 6.07 Å². The molecule has 0 atom stereocenters. The van der Waals surface area contributed by atoms with Crippen LogP contribution in [0.4, 0.5) is 0 Å². The highest BCUT2D eigenvalue weighted by molar-refractivity contribution is 8.23. The summed E-state index contributed by atoms with van der Waals surface area (Å²) >= 11 is 7.27. The first kappa shape index (κ1) is 12.2. The van der Waals surface area contributed by atoms with Gasteiger partial charge in [0.2, 0.25) is 0 Å². The molecule has 0 saturated heterocycles. The second-order valence-corrected chi connectivity index (χ2v) is 6.16. The fourth-order valence-electron chi connectivity index (χ4n) is 2.10. The van der Waals surface area contributed by atoms with Crippen molar-refractivity contribution in [1.29, 1.82) is 0 Å². The monoisotopic (exact) mass is 253 g/mol. The molecule has 0 unspecified atom stereocenters. The number of fused-ring (bicyclic) bond motifs is 1. The molecular formula is C13H19NS2. The van der Waals surface area contributed by atoms with E-state index in [4.69, 9.17) is 12.2 Å². The van der Waals surface area contributed by atoms with E-state index in [9.17, 15) is 0 Å². The Labute approximate surface area is 107 Å². The standard InChI is InChI=1S/C13H19NS2/c1-2-3-8-16-13(15)12-9-10-6-4-5-7-11(10)14-12/h9,14H,2-8H2,1H3. The van der Waals surface area contributed by atoms with E-state index in [2.05, 4.69) is 18.0 Å². The van der Waals surface area contributed by atoms with Gasteiger partial charge in [-0.25, -0.2) is 0 Å². The van der Waals surface area contributed by atoms with E-state index in [-0.39, 0.29) is 0 Å². The van der Waals surface area contributed by atoms with E-state index >= 15 is 0 Å². The van der Waals surface area contributed by atoms with Gasteiger partial charge in [-0.2, -0.15) is 0 Å². The van der Waals surface area contributed by atoms with Crippen LogP contribution < -0.4 is 0 Å². The van der Waals surface area contributed by atoms with Gasteiger partial charge < -0.3 is 4.98 Å². The van der Waals surface area contributed by atoms with E-state index in [0.717, 1.165) is 9.95 Å². The zero-order valence-electron chi connectivity index (χ0n) is 9.84. The highest BCUT2D eigenvalue weighted by atomic mass is 32.2. The number of rotatable bonds is 4. The molecule has 1 aliphatic carbocycles. The normalized spacial score (nSPS) is 14.8. The lowest BCUT2D eigenvalue weighted by Gasteiger charge is -2.09. The summed E-state index contributed by atoms with van der Waals surface area (Å²) in [6.07, 6.45) is 7.59. The molecule has 0 spiro atoms. The molecule has 0 bridgehead atoms. The van der Waals surface area contributed by atoms with Crippen LogP contribution in [0, 0.1) is 0 Å². The van der Waals surface area contributed by atoms with Gasteiger partial charge in [-0.15, -0.1) is 11.8 Å². The summed E-state index contributed by atoms with van der Waals surface area (Å²) in [5.74, 6) is 1.15. The van der Waals surface area contributed by atoms with E-state index in [1.165, 1.54) is 55.5 Å². The molecule has 1 heterocycles. The van der Waals surface area contributed by atoms with Gasteiger partial charge in [0.25, 0.3) is 0 Å². The Kier molecular flexibility index (Phi) is 4.47. The predicted molar refractivity (Wildman–Crippen MR) is 76.5 cm³/mol. The average molecular weight is 253 g/mol. The van der Waals surface area contributed by atoms with Crippen molar-refractivity contribution in [2.75, 3.05) is 5.75 Å². The van der Waals surface area contributed by atoms with Crippen molar-refractivity contribution in [1.82, 2.24) is 4.98 Å². The molecule has 3 heteroatoms. The highest BCUT2D eigenvalue weighted by Crippen LogP contribution is 2.24. The summed E-state index contributed by atoms with van der Waals surface area (Å²) in [5, 5.41) is 0. The van der Waals surface area contributed by atoms with Gasteiger partial charge in [0.15, 0.2) is 0 Å². The first-order valence-corrected chi connectivity index (χ1v) is 7.58. The van der Waals surface area contributed by atoms with Gasteiger partial charge in [0.1, 0.15) is 0 Å². The molecule has 1 aliphatic rings. The molecular weight excluding hydrogens is 234 g/mol. The maximum Gasteiger partial charge on any atom is 0.0941 e. The smallest absolute Gasteiger partial charge is 0.0941 e. The lowest BCUT2D eigenvalue weighted by atomic mass is 9.98. The predicted octanol–water partition coefficient (Wildman–Crippen LogP) is 4.10. The summed E-state index contributed by atoms with van der Waals surface area (Å²) < 4.78 is 1.04. The number of thioether (sulfide) groups is 1. The molecule has 0 fully saturated rings. The molecule has 88 valence electrons. The van der Waals surface area contributed by atoms with Crippen molar-refractivity contribution in [2.24, 2.45) is 0 Å². The van der Waals surface area contributed by atoms with Crippen molar-refractivity contribution in [3.05, 3.63) is 23.0 Å². The van der Waals surface area contributed by atoms with E-state index in [1.807, 2.05) is 11.8 Å². The number of aromatic amines is 1. The highest BCUT2D eigenvalue weighted by Gasteiger charge is 2.14. The molecule has 1 aromatic rings. The van der Waals surface area contributed by atoms with Gasteiger partial charge >= 0.3 is 0 Å². The van der Waals surface area contributed by atoms with Gasteiger partial charge in [-0.1, -0.05) is 25.6 Å². The van der Waals surface area contributed by atoms with Crippen molar-refractivity contribution in [3.63, 3.8) is 0 Å². The Morgan fingerprint density at radius 1 is 1.44 bits per heavy atom. The number of hydrogen-bond donors (Lipinski definition) is 1. The maximum absolute atomic E-state index is 5.45. The first-order valence-electron chi connectivity index (χ1n) is 6.19. The molecule has 0 aliphatic heterocycles. The SMILES string of the molecule is CCCCSC(=S)c1cc2c([nH]1)CCCC2. The van der Waals surface area contributed by atoms with Crippen LogP contribution in [0.5, 0.6) is 0 Å². The minimum Gasteiger partial charge on any atom is -0.357 e. The Hall–Kier alpha value is -0.280. The van der Waals surface area contributed by atoms with Crippen molar-refractivity contribution < 1.29 is 0 Å². The second kappa shape index (κ2) is 5.87. The van der Waals surface area contributed by atoms with E-state index < -0.39 is 0 Å². The zero-order chi connectivity index (χ0) is 11.4.